The molecule has 0 bridgehead atoms. The average molecular weight is 486 g/mol. The lowest BCUT2D eigenvalue weighted by Crippen LogP contribution is -2.43. The highest BCUT2D eigenvalue weighted by Crippen LogP contribution is 2.36. The van der Waals surface area contributed by atoms with Gasteiger partial charge in [-0.25, -0.2) is 4.79 Å². The maximum atomic E-state index is 13.3. The van der Waals surface area contributed by atoms with Gasteiger partial charge in [-0.1, -0.05) is 60.7 Å². The van der Waals surface area contributed by atoms with Crippen molar-refractivity contribution >= 4 is 17.8 Å². The van der Waals surface area contributed by atoms with Crippen molar-refractivity contribution in [1.82, 2.24) is 15.5 Å². The highest BCUT2D eigenvalue weighted by atomic mass is 16.6. The van der Waals surface area contributed by atoms with Gasteiger partial charge in [-0.2, -0.15) is 0 Å². The van der Waals surface area contributed by atoms with E-state index < -0.39 is 23.4 Å². The molecular formula is C28H27N3O5. The molecule has 1 saturated heterocycles. The van der Waals surface area contributed by atoms with Gasteiger partial charge >= 0.3 is 6.03 Å². The maximum absolute atomic E-state index is 13.3. The predicted molar refractivity (Wildman–Crippen MR) is 133 cm³/mol. The number of hydrogen-bond donors (Lipinski definition) is 2. The average Bonchev–Trinajstić information content (AvgIpc) is 3.12. The second-order valence-corrected chi connectivity index (χ2v) is 9.08. The van der Waals surface area contributed by atoms with E-state index in [1.54, 1.807) is 25.1 Å². The Morgan fingerprint density at radius 1 is 0.972 bits per heavy atom. The smallest absolute Gasteiger partial charge is 0.325 e. The summed E-state index contributed by atoms with van der Waals surface area (Å²) in [5.74, 6) is 0.182. The molecule has 2 atom stereocenters. The summed E-state index contributed by atoms with van der Waals surface area (Å²) in [5, 5.41) is 5.61. The Morgan fingerprint density at radius 2 is 1.64 bits per heavy atom. The second-order valence-electron chi connectivity index (χ2n) is 9.08. The van der Waals surface area contributed by atoms with Crippen LogP contribution in [0, 0.1) is 0 Å². The van der Waals surface area contributed by atoms with E-state index in [1.807, 2.05) is 61.5 Å². The first-order chi connectivity index (χ1) is 17.3. The number of hydrogen-bond acceptors (Lipinski definition) is 5. The van der Waals surface area contributed by atoms with Gasteiger partial charge in [-0.3, -0.25) is 14.5 Å². The number of nitrogens with zero attached hydrogens (tertiary/aromatic N) is 1. The summed E-state index contributed by atoms with van der Waals surface area (Å²) >= 11 is 0. The topological polar surface area (TPSA) is 97.0 Å². The van der Waals surface area contributed by atoms with Crippen molar-refractivity contribution in [2.75, 3.05) is 19.8 Å². The zero-order valence-corrected chi connectivity index (χ0v) is 20.1. The SMILES string of the molecule is C[C@H](NC(=O)CN1C(=O)N[C@@](C)(c2ccc3c(c2)OCCO3)C1=O)c1ccc(-c2ccccc2)cc1. The maximum Gasteiger partial charge on any atom is 0.325 e. The minimum absolute atomic E-state index is 0.299. The number of benzene rings is 3. The van der Waals surface area contributed by atoms with Crippen LogP contribution in [0.3, 0.4) is 0 Å². The molecule has 2 aliphatic heterocycles. The molecule has 8 nitrogen and oxygen atoms in total. The quantitative estimate of drug-likeness (QED) is 0.518. The summed E-state index contributed by atoms with van der Waals surface area (Å²) in [7, 11) is 0. The number of rotatable bonds is 6. The Hall–Kier alpha value is -4.33. The lowest BCUT2D eigenvalue weighted by Gasteiger charge is -2.25. The normalized spacial score (nSPS) is 19.6. The van der Waals surface area contributed by atoms with Gasteiger partial charge in [0.15, 0.2) is 11.5 Å². The molecule has 5 rings (SSSR count). The molecule has 2 N–H and O–H groups in total. The fourth-order valence-corrected chi connectivity index (χ4v) is 4.50. The molecule has 36 heavy (non-hydrogen) atoms. The van der Waals surface area contributed by atoms with E-state index in [4.69, 9.17) is 9.47 Å². The molecule has 1 fully saturated rings. The Morgan fingerprint density at radius 3 is 2.36 bits per heavy atom. The summed E-state index contributed by atoms with van der Waals surface area (Å²) < 4.78 is 11.2. The largest absolute Gasteiger partial charge is 0.486 e. The number of ether oxygens (including phenoxy) is 2. The van der Waals surface area contributed by atoms with Crippen LogP contribution in [-0.4, -0.2) is 42.5 Å². The molecule has 0 aliphatic carbocycles. The zero-order chi connectivity index (χ0) is 25.3. The summed E-state index contributed by atoms with van der Waals surface area (Å²) in [6.45, 7) is 3.97. The van der Waals surface area contributed by atoms with Crippen molar-refractivity contribution in [3.63, 3.8) is 0 Å². The van der Waals surface area contributed by atoms with Crippen molar-refractivity contribution in [1.29, 1.82) is 0 Å². The Balaban J connectivity index is 1.24. The lowest BCUT2D eigenvalue weighted by molar-refractivity contribution is -0.135. The highest BCUT2D eigenvalue weighted by Gasteiger charge is 2.49. The summed E-state index contributed by atoms with van der Waals surface area (Å²) in [6, 6.07) is 22.2. The van der Waals surface area contributed by atoms with Gasteiger partial charge in [0.1, 0.15) is 25.3 Å². The number of carbonyl (C=O) groups excluding carboxylic acids is 3. The Bertz CT molecular complexity index is 1310. The fourth-order valence-electron chi connectivity index (χ4n) is 4.50. The first-order valence-corrected chi connectivity index (χ1v) is 11.8. The highest BCUT2D eigenvalue weighted by molar-refractivity contribution is 6.09. The Kier molecular flexibility index (Phi) is 6.10. The first kappa shape index (κ1) is 23.4. The third kappa shape index (κ3) is 4.37. The number of amides is 4. The standard InChI is InChI=1S/C28H27N3O5/c1-18(19-8-10-21(11-9-19)20-6-4-3-5-7-20)29-25(32)17-31-26(33)28(2,30-27(31)34)22-12-13-23-24(16-22)36-15-14-35-23/h3-13,16,18H,14-15,17H2,1-2H3,(H,29,32)(H,30,34)/t18-,28-/m0/s1. The van der Waals surface area contributed by atoms with Gasteiger partial charge in [0, 0.05) is 0 Å². The van der Waals surface area contributed by atoms with E-state index in [1.165, 1.54) is 0 Å². The van der Waals surface area contributed by atoms with E-state index in [-0.39, 0.29) is 12.6 Å². The van der Waals surface area contributed by atoms with Crippen LogP contribution in [-0.2, 0) is 15.1 Å². The van der Waals surface area contributed by atoms with Gasteiger partial charge in [0.05, 0.1) is 6.04 Å². The van der Waals surface area contributed by atoms with E-state index in [9.17, 15) is 14.4 Å². The number of carbonyl (C=O) groups is 3. The minimum atomic E-state index is -1.31. The molecule has 2 heterocycles. The molecule has 2 aliphatic rings. The number of nitrogens with one attached hydrogen (secondary N) is 2. The van der Waals surface area contributed by atoms with E-state index in [0.29, 0.717) is 30.3 Å². The van der Waals surface area contributed by atoms with Crippen LogP contribution >= 0.6 is 0 Å². The fraction of sp³-hybridized carbons (Fsp3) is 0.250. The monoisotopic (exact) mass is 485 g/mol. The van der Waals surface area contributed by atoms with Gasteiger partial charge in [-0.05, 0) is 48.2 Å². The number of urea groups is 1. The van der Waals surface area contributed by atoms with Crippen LogP contribution in [0.2, 0.25) is 0 Å². The van der Waals surface area contributed by atoms with Gasteiger partial charge in [0.25, 0.3) is 5.91 Å². The van der Waals surface area contributed by atoms with Crippen LogP contribution in [0.1, 0.15) is 31.0 Å². The summed E-state index contributed by atoms with van der Waals surface area (Å²) in [6.07, 6.45) is 0. The first-order valence-electron chi connectivity index (χ1n) is 11.8. The second kappa shape index (κ2) is 9.37. The molecule has 0 aromatic heterocycles. The molecule has 4 amide bonds. The molecule has 0 unspecified atom stereocenters. The molecule has 8 heteroatoms. The molecule has 0 radical (unpaired) electrons. The van der Waals surface area contributed by atoms with E-state index >= 15 is 0 Å². The van der Waals surface area contributed by atoms with Crippen LogP contribution in [0.15, 0.2) is 72.8 Å². The molecule has 0 saturated carbocycles. The number of fused-ring (bicyclic) bond motifs is 1. The predicted octanol–water partition coefficient (Wildman–Crippen LogP) is 3.77. The summed E-state index contributed by atoms with van der Waals surface area (Å²) in [5.41, 5.74) is 2.35. The molecule has 0 spiro atoms. The van der Waals surface area contributed by atoms with Crippen LogP contribution in [0.25, 0.3) is 11.1 Å². The van der Waals surface area contributed by atoms with E-state index in [2.05, 4.69) is 10.6 Å². The third-order valence-electron chi connectivity index (χ3n) is 6.59. The van der Waals surface area contributed by atoms with Crippen LogP contribution < -0.4 is 20.1 Å². The van der Waals surface area contributed by atoms with Crippen molar-refractivity contribution in [2.45, 2.75) is 25.4 Å². The van der Waals surface area contributed by atoms with Gasteiger partial charge in [0.2, 0.25) is 5.91 Å². The molecule has 3 aromatic rings. The zero-order valence-electron chi connectivity index (χ0n) is 20.1. The van der Waals surface area contributed by atoms with E-state index in [0.717, 1.165) is 21.6 Å². The summed E-state index contributed by atoms with van der Waals surface area (Å²) in [4.78, 5) is 39.7. The van der Waals surface area contributed by atoms with Crippen molar-refractivity contribution in [2.24, 2.45) is 0 Å². The molecular weight excluding hydrogens is 458 g/mol. The Labute approximate surface area is 209 Å². The van der Waals surface area contributed by atoms with Crippen molar-refractivity contribution in [3.8, 4) is 22.6 Å². The molecule has 184 valence electrons. The van der Waals surface area contributed by atoms with Crippen LogP contribution in [0.4, 0.5) is 4.79 Å². The van der Waals surface area contributed by atoms with Crippen LogP contribution in [0.5, 0.6) is 11.5 Å². The van der Waals surface area contributed by atoms with Gasteiger partial charge < -0.3 is 20.1 Å². The van der Waals surface area contributed by atoms with Crippen molar-refractivity contribution in [3.05, 3.63) is 83.9 Å². The molecule has 3 aromatic carbocycles. The minimum Gasteiger partial charge on any atom is -0.486 e. The van der Waals surface area contributed by atoms with Crippen molar-refractivity contribution < 1.29 is 23.9 Å². The number of imide groups is 1. The lowest BCUT2D eigenvalue weighted by atomic mass is 9.91. The third-order valence-corrected chi connectivity index (χ3v) is 6.59. The van der Waals surface area contributed by atoms with Gasteiger partial charge in [-0.15, -0.1) is 0 Å².